The average molecular weight is 159 g/mol. The molecule has 0 rings (SSSR count). The first-order valence-electron chi connectivity index (χ1n) is 4.28. The molecule has 0 unspecified atom stereocenters. The minimum absolute atomic E-state index is 1.11. The Kier molecular flexibility index (Phi) is 9.68. The molecule has 0 aromatic carbocycles. The van der Waals surface area contributed by atoms with Crippen molar-refractivity contribution in [3.8, 4) is 0 Å². The van der Waals surface area contributed by atoms with Crippen LogP contribution in [-0.2, 0) is 0 Å². The number of unbranched alkanes of at least 4 members (excludes halogenated alkanes) is 3. The first kappa shape index (κ1) is 10.3. The van der Waals surface area contributed by atoms with E-state index in [0.29, 0.717) is 0 Å². The van der Waals surface area contributed by atoms with E-state index in [1.54, 1.807) is 0 Å². The van der Waals surface area contributed by atoms with Gasteiger partial charge in [-0.05, 0) is 24.3 Å². The molecule has 0 heterocycles. The maximum absolute atomic E-state index is 3.81. The number of rotatable bonds is 7. The second kappa shape index (κ2) is 9.35. The lowest BCUT2D eigenvalue weighted by Gasteiger charge is -1.97. The van der Waals surface area contributed by atoms with Gasteiger partial charge in [-0.1, -0.05) is 33.1 Å². The number of hydrogen-bond donors (Lipinski definition) is 0. The van der Waals surface area contributed by atoms with Crippen LogP contribution >= 0.6 is 11.8 Å². The van der Waals surface area contributed by atoms with Gasteiger partial charge in [0, 0.05) is 0 Å². The van der Waals surface area contributed by atoms with E-state index in [1.165, 1.54) is 37.2 Å². The Morgan fingerprint density at radius 2 is 1.90 bits per heavy atom. The number of thioether (sulfide) groups is 1. The molecule has 0 spiro atoms. The summed E-state index contributed by atoms with van der Waals surface area (Å²) in [7, 11) is 0. The lowest BCUT2D eigenvalue weighted by molar-refractivity contribution is 0.733. The predicted octanol–water partition coefficient (Wildman–Crippen LogP) is 3.52. The summed E-state index contributed by atoms with van der Waals surface area (Å²) >= 11 is 2.08. The highest BCUT2D eigenvalue weighted by molar-refractivity contribution is 7.99. The molecule has 0 amide bonds. The molecule has 0 aromatic heterocycles. The Balaban J connectivity index is 2.65. The van der Waals surface area contributed by atoms with Crippen molar-refractivity contribution in [3.05, 3.63) is 6.92 Å². The average Bonchev–Trinajstić information content (AvgIpc) is 1.97. The summed E-state index contributed by atoms with van der Waals surface area (Å²) in [6, 6.07) is 0. The van der Waals surface area contributed by atoms with Crippen molar-refractivity contribution < 1.29 is 0 Å². The molecule has 0 saturated heterocycles. The summed E-state index contributed by atoms with van der Waals surface area (Å²) in [5.41, 5.74) is 0. The molecule has 0 fully saturated rings. The molecule has 0 N–H and O–H groups in total. The summed E-state index contributed by atoms with van der Waals surface area (Å²) in [4.78, 5) is 0. The number of hydrogen-bond acceptors (Lipinski definition) is 1. The minimum atomic E-state index is 1.11. The van der Waals surface area contributed by atoms with Crippen molar-refractivity contribution in [2.24, 2.45) is 0 Å². The van der Waals surface area contributed by atoms with Gasteiger partial charge in [-0.15, -0.1) is 0 Å². The Morgan fingerprint density at radius 3 is 2.50 bits per heavy atom. The summed E-state index contributed by atoms with van der Waals surface area (Å²) in [5.74, 6) is 2.69. The third-order valence-electron chi connectivity index (χ3n) is 1.39. The summed E-state index contributed by atoms with van der Waals surface area (Å²) in [6.07, 6.45) is 6.51. The standard InChI is InChI=1S/C9H19S/c1-3-5-6-7-9-10-8-4-2/h1,3-9H2,2H3. The SMILES string of the molecule is [CH2]CCCCCSCCC. The minimum Gasteiger partial charge on any atom is -0.162 e. The van der Waals surface area contributed by atoms with E-state index in [2.05, 4.69) is 25.6 Å². The van der Waals surface area contributed by atoms with Gasteiger partial charge in [0.1, 0.15) is 0 Å². The van der Waals surface area contributed by atoms with Crippen LogP contribution in [0.5, 0.6) is 0 Å². The van der Waals surface area contributed by atoms with Gasteiger partial charge in [0.05, 0.1) is 0 Å². The van der Waals surface area contributed by atoms with E-state index in [9.17, 15) is 0 Å². The van der Waals surface area contributed by atoms with Gasteiger partial charge in [-0.25, -0.2) is 0 Å². The molecule has 0 aliphatic rings. The van der Waals surface area contributed by atoms with Crippen LogP contribution in [-0.4, -0.2) is 11.5 Å². The van der Waals surface area contributed by atoms with Crippen LogP contribution < -0.4 is 0 Å². The third kappa shape index (κ3) is 8.35. The maximum atomic E-state index is 3.81. The normalized spacial score (nSPS) is 10.2. The Hall–Kier alpha value is 0.350. The molecular formula is C9H19S. The van der Waals surface area contributed by atoms with Gasteiger partial charge in [0.2, 0.25) is 0 Å². The smallest absolute Gasteiger partial charge is 0.00675 e. The molecule has 10 heavy (non-hydrogen) atoms. The van der Waals surface area contributed by atoms with Gasteiger partial charge in [0.25, 0.3) is 0 Å². The van der Waals surface area contributed by atoms with Crippen molar-refractivity contribution in [1.82, 2.24) is 0 Å². The van der Waals surface area contributed by atoms with E-state index in [1.807, 2.05) is 0 Å². The zero-order chi connectivity index (χ0) is 7.66. The van der Waals surface area contributed by atoms with Crippen LogP contribution in [0, 0.1) is 6.92 Å². The fraction of sp³-hybridized carbons (Fsp3) is 0.889. The lowest BCUT2D eigenvalue weighted by atomic mass is 10.2. The van der Waals surface area contributed by atoms with E-state index in [-0.39, 0.29) is 0 Å². The Labute approximate surface area is 69.8 Å². The zero-order valence-electron chi connectivity index (χ0n) is 7.07. The molecule has 0 nitrogen and oxygen atoms in total. The fourth-order valence-electron chi connectivity index (χ4n) is 0.804. The molecule has 1 heteroatoms. The highest BCUT2D eigenvalue weighted by atomic mass is 32.2. The van der Waals surface area contributed by atoms with Crippen LogP contribution in [0.15, 0.2) is 0 Å². The van der Waals surface area contributed by atoms with Gasteiger partial charge in [-0.2, -0.15) is 11.8 Å². The van der Waals surface area contributed by atoms with Gasteiger partial charge < -0.3 is 0 Å². The van der Waals surface area contributed by atoms with Crippen LogP contribution in [0.1, 0.15) is 39.0 Å². The zero-order valence-corrected chi connectivity index (χ0v) is 7.88. The van der Waals surface area contributed by atoms with Crippen molar-refractivity contribution >= 4 is 11.8 Å². The van der Waals surface area contributed by atoms with Gasteiger partial charge >= 0.3 is 0 Å². The quantitative estimate of drug-likeness (QED) is 0.512. The van der Waals surface area contributed by atoms with Crippen molar-refractivity contribution in [2.45, 2.75) is 39.0 Å². The molecule has 0 aliphatic carbocycles. The van der Waals surface area contributed by atoms with Crippen LogP contribution in [0.3, 0.4) is 0 Å². The molecule has 61 valence electrons. The molecule has 0 atom stereocenters. The maximum Gasteiger partial charge on any atom is -0.00675 e. The van der Waals surface area contributed by atoms with Gasteiger partial charge in [0.15, 0.2) is 0 Å². The molecule has 0 aliphatic heterocycles. The first-order chi connectivity index (χ1) is 4.91. The predicted molar refractivity (Wildman–Crippen MR) is 51.4 cm³/mol. The van der Waals surface area contributed by atoms with Gasteiger partial charge in [-0.3, -0.25) is 0 Å². The molecule has 1 radical (unpaired) electrons. The molecular weight excluding hydrogens is 140 g/mol. The fourth-order valence-corrected chi connectivity index (χ4v) is 1.71. The first-order valence-corrected chi connectivity index (χ1v) is 5.44. The third-order valence-corrected chi connectivity index (χ3v) is 2.66. The molecule has 0 bridgehead atoms. The van der Waals surface area contributed by atoms with Crippen LogP contribution in [0.25, 0.3) is 0 Å². The van der Waals surface area contributed by atoms with Crippen LogP contribution in [0.4, 0.5) is 0 Å². The van der Waals surface area contributed by atoms with E-state index in [0.717, 1.165) is 6.42 Å². The Morgan fingerprint density at radius 1 is 1.10 bits per heavy atom. The van der Waals surface area contributed by atoms with E-state index < -0.39 is 0 Å². The highest BCUT2D eigenvalue weighted by Gasteiger charge is 1.87. The summed E-state index contributed by atoms with van der Waals surface area (Å²) in [5, 5.41) is 0. The summed E-state index contributed by atoms with van der Waals surface area (Å²) < 4.78 is 0. The van der Waals surface area contributed by atoms with E-state index >= 15 is 0 Å². The lowest BCUT2D eigenvalue weighted by Crippen LogP contribution is -1.82. The molecule has 0 saturated carbocycles. The van der Waals surface area contributed by atoms with Crippen LogP contribution in [0.2, 0.25) is 0 Å². The Bertz CT molecular complexity index is 44.7. The van der Waals surface area contributed by atoms with E-state index in [4.69, 9.17) is 0 Å². The monoisotopic (exact) mass is 159 g/mol. The largest absolute Gasteiger partial charge is 0.162 e. The topological polar surface area (TPSA) is 0 Å². The molecule has 0 aromatic rings. The second-order valence-electron chi connectivity index (χ2n) is 2.53. The summed E-state index contributed by atoms with van der Waals surface area (Å²) in [6.45, 7) is 6.05. The van der Waals surface area contributed by atoms with Crippen molar-refractivity contribution in [3.63, 3.8) is 0 Å². The second-order valence-corrected chi connectivity index (χ2v) is 3.75. The van der Waals surface area contributed by atoms with Crippen molar-refractivity contribution in [2.75, 3.05) is 11.5 Å². The highest BCUT2D eigenvalue weighted by Crippen LogP contribution is 2.07. The van der Waals surface area contributed by atoms with Crippen molar-refractivity contribution in [1.29, 1.82) is 0 Å².